The van der Waals surface area contributed by atoms with Crippen molar-refractivity contribution >= 4 is 22.1 Å². The summed E-state index contributed by atoms with van der Waals surface area (Å²) in [5.41, 5.74) is 1.15. The number of rotatable bonds is 2. The zero-order chi connectivity index (χ0) is 13.5. The Morgan fingerprint density at radius 1 is 1.00 bits per heavy atom. The Kier molecular flexibility index (Phi) is 2.92. The molecule has 3 aromatic rings. The molecule has 0 saturated heterocycles. The molecule has 1 aromatic heterocycles. The monoisotopic (exact) mass is 268 g/mol. The van der Waals surface area contributed by atoms with Crippen LogP contribution in [0.5, 0.6) is 0 Å². The number of aryl methyl sites for hydroxylation is 1. The van der Waals surface area contributed by atoms with Gasteiger partial charge in [-0.1, -0.05) is 36.4 Å². The summed E-state index contributed by atoms with van der Waals surface area (Å²) in [4.78, 5) is 1.02. The van der Waals surface area contributed by atoms with Crippen molar-refractivity contribution in [3.8, 4) is 0 Å². The second-order valence-electron chi connectivity index (χ2n) is 5.07. The topological polar surface area (TPSA) is 20.2 Å². The van der Waals surface area contributed by atoms with Crippen molar-refractivity contribution in [2.75, 3.05) is 0 Å². The first-order chi connectivity index (χ1) is 9.09. The van der Waals surface area contributed by atoms with E-state index in [1.807, 2.05) is 37.4 Å². The van der Waals surface area contributed by atoms with Crippen molar-refractivity contribution in [3.63, 3.8) is 0 Å². The molecule has 0 bridgehead atoms. The third kappa shape index (κ3) is 2.07. The quantitative estimate of drug-likeness (QED) is 0.727. The molecule has 1 atom stereocenters. The Morgan fingerprint density at radius 3 is 2.42 bits per heavy atom. The van der Waals surface area contributed by atoms with Crippen LogP contribution in [0.4, 0.5) is 0 Å². The van der Waals surface area contributed by atoms with Crippen LogP contribution in [-0.2, 0) is 5.60 Å². The molecule has 0 spiro atoms. The van der Waals surface area contributed by atoms with E-state index in [1.165, 1.54) is 5.39 Å². The average molecular weight is 268 g/mol. The highest BCUT2D eigenvalue weighted by Gasteiger charge is 2.28. The van der Waals surface area contributed by atoms with Crippen LogP contribution in [0.1, 0.15) is 22.9 Å². The summed E-state index contributed by atoms with van der Waals surface area (Å²) in [5, 5.41) is 15.3. The number of hydrogen-bond acceptors (Lipinski definition) is 2. The molecule has 3 rings (SSSR count). The van der Waals surface area contributed by atoms with Crippen LogP contribution >= 0.6 is 11.3 Å². The van der Waals surface area contributed by atoms with E-state index in [2.05, 4.69) is 30.3 Å². The summed E-state index contributed by atoms with van der Waals surface area (Å²) < 4.78 is 0. The first kappa shape index (κ1) is 12.4. The average Bonchev–Trinajstić information content (AvgIpc) is 2.85. The number of fused-ring (bicyclic) bond motifs is 1. The fourth-order valence-electron chi connectivity index (χ4n) is 2.49. The second kappa shape index (κ2) is 4.48. The van der Waals surface area contributed by atoms with Crippen molar-refractivity contribution in [1.82, 2.24) is 0 Å². The van der Waals surface area contributed by atoms with Crippen molar-refractivity contribution < 1.29 is 5.11 Å². The normalized spacial score (nSPS) is 14.5. The smallest absolute Gasteiger partial charge is 0.121 e. The molecule has 1 unspecified atom stereocenters. The predicted octanol–water partition coefficient (Wildman–Crippen LogP) is 4.47. The largest absolute Gasteiger partial charge is 0.380 e. The van der Waals surface area contributed by atoms with Gasteiger partial charge in [0, 0.05) is 4.88 Å². The first-order valence-electron chi connectivity index (χ1n) is 6.35. The lowest BCUT2D eigenvalue weighted by atomic mass is 9.91. The lowest BCUT2D eigenvalue weighted by molar-refractivity contribution is 0.106. The van der Waals surface area contributed by atoms with E-state index >= 15 is 0 Å². The maximum absolute atomic E-state index is 10.9. The van der Waals surface area contributed by atoms with Gasteiger partial charge in [0.2, 0.25) is 0 Å². The summed E-state index contributed by atoms with van der Waals surface area (Å²) in [6, 6.07) is 16.4. The number of aliphatic hydroxyl groups is 1. The van der Waals surface area contributed by atoms with Gasteiger partial charge in [-0.2, -0.15) is 0 Å². The predicted molar refractivity (Wildman–Crippen MR) is 81.7 cm³/mol. The molecule has 19 heavy (non-hydrogen) atoms. The van der Waals surface area contributed by atoms with Crippen molar-refractivity contribution in [2.45, 2.75) is 19.4 Å². The molecule has 1 heterocycles. The van der Waals surface area contributed by atoms with E-state index in [9.17, 15) is 5.11 Å². The molecule has 0 saturated carbocycles. The van der Waals surface area contributed by atoms with Crippen molar-refractivity contribution in [2.24, 2.45) is 0 Å². The van der Waals surface area contributed by atoms with Gasteiger partial charge in [-0.05, 0) is 53.3 Å². The summed E-state index contributed by atoms with van der Waals surface area (Å²) >= 11 is 1.61. The van der Waals surface area contributed by atoms with Crippen LogP contribution in [0.25, 0.3) is 10.8 Å². The van der Waals surface area contributed by atoms with Crippen LogP contribution in [0.2, 0.25) is 0 Å². The summed E-state index contributed by atoms with van der Waals surface area (Å²) in [6.07, 6.45) is 0. The molecule has 96 valence electrons. The van der Waals surface area contributed by atoms with Gasteiger partial charge in [0.15, 0.2) is 0 Å². The highest BCUT2D eigenvalue weighted by Crippen LogP contribution is 2.36. The standard InChI is InChI=1S/C17H16OS/c1-12-9-10-19-16(12)17(2,18)15-8-7-13-5-3-4-6-14(13)11-15/h3-11,18H,1-2H3. The van der Waals surface area contributed by atoms with Gasteiger partial charge >= 0.3 is 0 Å². The fourth-order valence-corrected chi connectivity index (χ4v) is 3.50. The van der Waals surface area contributed by atoms with Crippen LogP contribution in [-0.4, -0.2) is 5.11 Å². The lowest BCUT2D eigenvalue weighted by Gasteiger charge is -2.24. The molecule has 0 amide bonds. The van der Waals surface area contributed by atoms with E-state index in [0.717, 1.165) is 21.4 Å². The van der Waals surface area contributed by atoms with E-state index in [4.69, 9.17) is 0 Å². The minimum absolute atomic E-state index is 0.928. The van der Waals surface area contributed by atoms with Crippen molar-refractivity contribution in [1.29, 1.82) is 0 Å². The third-order valence-corrected chi connectivity index (χ3v) is 4.84. The van der Waals surface area contributed by atoms with Gasteiger partial charge in [-0.15, -0.1) is 11.3 Å². The molecular formula is C17H16OS. The first-order valence-corrected chi connectivity index (χ1v) is 7.23. The molecule has 0 aliphatic rings. The summed E-state index contributed by atoms with van der Waals surface area (Å²) in [7, 11) is 0. The van der Waals surface area contributed by atoms with Gasteiger partial charge in [-0.3, -0.25) is 0 Å². The van der Waals surface area contributed by atoms with Crippen LogP contribution in [0.3, 0.4) is 0 Å². The fraction of sp³-hybridized carbons (Fsp3) is 0.176. The Balaban J connectivity index is 2.15. The molecule has 0 aliphatic carbocycles. The zero-order valence-electron chi connectivity index (χ0n) is 11.1. The van der Waals surface area contributed by atoms with E-state index < -0.39 is 5.60 Å². The molecule has 0 radical (unpaired) electrons. The maximum Gasteiger partial charge on any atom is 0.121 e. The zero-order valence-corrected chi connectivity index (χ0v) is 11.9. The van der Waals surface area contributed by atoms with Crippen LogP contribution in [0.15, 0.2) is 53.9 Å². The van der Waals surface area contributed by atoms with Crippen LogP contribution < -0.4 is 0 Å². The maximum atomic E-state index is 10.9. The molecule has 2 aromatic carbocycles. The highest BCUT2D eigenvalue weighted by atomic mass is 32.1. The molecule has 0 aliphatic heterocycles. The van der Waals surface area contributed by atoms with E-state index in [-0.39, 0.29) is 0 Å². The Morgan fingerprint density at radius 2 is 1.74 bits per heavy atom. The van der Waals surface area contributed by atoms with E-state index in [1.54, 1.807) is 11.3 Å². The minimum Gasteiger partial charge on any atom is -0.380 e. The van der Waals surface area contributed by atoms with E-state index in [0.29, 0.717) is 0 Å². The van der Waals surface area contributed by atoms with Crippen LogP contribution in [0, 0.1) is 6.92 Å². The third-order valence-electron chi connectivity index (χ3n) is 3.62. The Hall–Kier alpha value is -1.64. The highest BCUT2D eigenvalue weighted by molar-refractivity contribution is 7.10. The second-order valence-corrected chi connectivity index (χ2v) is 5.98. The van der Waals surface area contributed by atoms with Gasteiger partial charge in [0.1, 0.15) is 5.60 Å². The number of benzene rings is 2. The molecular weight excluding hydrogens is 252 g/mol. The van der Waals surface area contributed by atoms with Crippen molar-refractivity contribution in [3.05, 3.63) is 69.9 Å². The number of hydrogen-bond donors (Lipinski definition) is 1. The van der Waals surface area contributed by atoms with Gasteiger partial charge in [0.05, 0.1) is 0 Å². The lowest BCUT2D eigenvalue weighted by Crippen LogP contribution is -2.22. The van der Waals surface area contributed by atoms with Gasteiger partial charge in [0.25, 0.3) is 0 Å². The molecule has 0 fully saturated rings. The molecule has 2 heteroatoms. The summed E-state index contributed by atoms with van der Waals surface area (Å²) in [5.74, 6) is 0. The molecule has 1 N–H and O–H groups in total. The molecule has 1 nitrogen and oxygen atoms in total. The SMILES string of the molecule is Cc1ccsc1C(C)(O)c1ccc2ccccc2c1. The van der Waals surface area contributed by atoms with Gasteiger partial charge in [-0.25, -0.2) is 0 Å². The Bertz CT molecular complexity index is 725. The minimum atomic E-state index is -0.928. The summed E-state index contributed by atoms with van der Waals surface area (Å²) in [6.45, 7) is 3.91. The Labute approximate surface area is 117 Å². The number of thiophene rings is 1. The van der Waals surface area contributed by atoms with Gasteiger partial charge < -0.3 is 5.11 Å².